The standard InChI is InChI=1S/C20H28N2O5S/c1-5-25-19(26-6-2)11-21-18(23)13-28-12-17-14(3)27-20(22-17)15-7-9-16(24-4)10-8-15/h7-10,19H,5-6,11-13H2,1-4H3,(H,21,23). The van der Waals surface area contributed by atoms with Gasteiger partial charge in [-0.1, -0.05) is 0 Å². The summed E-state index contributed by atoms with van der Waals surface area (Å²) in [5.41, 5.74) is 1.72. The highest BCUT2D eigenvalue weighted by Crippen LogP contribution is 2.25. The van der Waals surface area contributed by atoms with Crippen LogP contribution in [0.2, 0.25) is 0 Å². The van der Waals surface area contributed by atoms with Gasteiger partial charge in [0.15, 0.2) is 6.29 Å². The fraction of sp³-hybridized carbons (Fsp3) is 0.500. The maximum Gasteiger partial charge on any atom is 0.230 e. The molecular weight excluding hydrogens is 380 g/mol. The van der Waals surface area contributed by atoms with Gasteiger partial charge in [0.2, 0.25) is 11.8 Å². The lowest BCUT2D eigenvalue weighted by Crippen LogP contribution is -2.36. The maximum atomic E-state index is 12.0. The number of methoxy groups -OCH3 is 1. The van der Waals surface area contributed by atoms with Crippen LogP contribution in [0.15, 0.2) is 28.7 Å². The Balaban J connectivity index is 1.81. The Morgan fingerprint density at radius 1 is 1.21 bits per heavy atom. The topological polar surface area (TPSA) is 82.8 Å². The Kier molecular flexibility index (Phi) is 9.33. The van der Waals surface area contributed by atoms with Gasteiger partial charge >= 0.3 is 0 Å². The summed E-state index contributed by atoms with van der Waals surface area (Å²) in [6.07, 6.45) is -0.409. The fourth-order valence-electron chi connectivity index (χ4n) is 2.45. The van der Waals surface area contributed by atoms with E-state index in [4.69, 9.17) is 18.6 Å². The lowest BCUT2D eigenvalue weighted by molar-refractivity contribution is -0.139. The van der Waals surface area contributed by atoms with E-state index in [0.717, 1.165) is 22.8 Å². The number of carbonyl (C=O) groups excluding carboxylic acids is 1. The van der Waals surface area contributed by atoms with Crippen molar-refractivity contribution in [2.45, 2.75) is 32.8 Å². The van der Waals surface area contributed by atoms with Gasteiger partial charge in [-0.05, 0) is 45.0 Å². The van der Waals surface area contributed by atoms with Crippen molar-refractivity contribution in [1.29, 1.82) is 0 Å². The molecule has 0 fully saturated rings. The highest BCUT2D eigenvalue weighted by molar-refractivity contribution is 7.99. The lowest BCUT2D eigenvalue weighted by atomic mass is 10.2. The van der Waals surface area contributed by atoms with E-state index in [1.165, 1.54) is 11.8 Å². The van der Waals surface area contributed by atoms with Crippen molar-refractivity contribution in [1.82, 2.24) is 10.3 Å². The Morgan fingerprint density at radius 3 is 2.50 bits per heavy atom. The number of aryl methyl sites for hydroxylation is 1. The van der Waals surface area contributed by atoms with Crippen molar-refractivity contribution in [2.75, 3.05) is 32.6 Å². The van der Waals surface area contributed by atoms with Crippen LogP contribution in [0, 0.1) is 6.92 Å². The first kappa shape index (κ1) is 22.3. The van der Waals surface area contributed by atoms with Gasteiger partial charge in [-0.2, -0.15) is 0 Å². The zero-order valence-electron chi connectivity index (χ0n) is 16.8. The molecule has 0 aliphatic heterocycles. The van der Waals surface area contributed by atoms with Crippen molar-refractivity contribution >= 4 is 17.7 Å². The molecule has 8 heteroatoms. The molecule has 154 valence electrons. The minimum Gasteiger partial charge on any atom is -0.497 e. The summed E-state index contributed by atoms with van der Waals surface area (Å²) >= 11 is 1.49. The van der Waals surface area contributed by atoms with Crippen LogP contribution < -0.4 is 10.1 Å². The zero-order valence-corrected chi connectivity index (χ0v) is 17.6. The first-order valence-electron chi connectivity index (χ1n) is 9.25. The van der Waals surface area contributed by atoms with Crippen molar-refractivity contribution < 1.29 is 23.4 Å². The molecule has 0 spiro atoms. The van der Waals surface area contributed by atoms with Crippen molar-refractivity contribution in [3.63, 3.8) is 0 Å². The molecule has 0 aliphatic rings. The molecule has 0 unspecified atom stereocenters. The van der Waals surface area contributed by atoms with Gasteiger partial charge in [0.05, 0.1) is 25.1 Å². The molecule has 1 amide bonds. The number of aromatic nitrogens is 1. The number of nitrogens with one attached hydrogen (secondary N) is 1. The Hall–Kier alpha value is -2.03. The predicted octanol–water partition coefficient (Wildman–Crippen LogP) is 3.41. The minimum absolute atomic E-state index is 0.0640. The molecule has 0 aliphatic carbocycles. The maximum absolute atomic E-state index is 12.0. The molecule has 1 heterocycles. The zero-order chi connectivity index (χ0) is 20.4. The van der Waals surface area contributed by atoms with Crippen LogP contribution in [0.3, 0.4) is 0 Å². The molecule has 1 N–H and O–H groups in total. The minimum atomic E-state index is -0.409. The van der Waals surface area contributed by atoms with E-state index in [1.54, 1.807) is 7.11 Å². The first-order valence-corrected chi connectivity index (χ1v) is 10.4. The lowest BCUT2D eigenvalue weighted by Gasteiger charge is -2.17. The third kappa shape index (κ3) is 6.85. The fourth-order valence-corrected chi connectivity index (χ4v) is 3.30. The van der Waals surface area contributed by atoms with Gasteiger partial charge in [-0.3, -0.25) is 4.79 Å². The molecule has 0 saturated carbocycles. The molecular formula is C20H28N2O5S. The monoisotopic (exact) mass is 408 g/mol. The second kappa shape index (κ2) is 11.7. The van der Waals surface area contributed by atoms with Gasteiger partial charge in [-0.25, -0.2) is 4.98 Å². The summed E-state index contributed by atoms with van der Waals surface area (Å²) in [4.78, 5) is 16.6. The van der Waals surface area contributed by atoms with Crippen LogP contribution in [-0.4, -0.2) is 49.8 Å². The third-order valence-corrected chi connectivity index (χ3v) is 4.82. The van der Waals surface area contributed by atoms with E-state index in [2.05, 4.69) is 10.3 Å². The van der Waals surface area contributed by atoms with Crippen LogP contribution in [0.5, 0.6) is 5.75 Å². The van der Waals surface area contributed by atoms with E-state index in [0.29, 0.717) is 37.2 Å². The number of rotatable bonds is 12. The number of ether oxygens (including phenoxy) is 3. The number of thioether (sulfide) groups is 1. The summed E-state index contributed by atoms with van der Waals surface area (Å²) in [6.45, 7) is 7.08. The summed E-state index contributed by atoms with van der Waals surface area (Å²) in [5.74, 6) is 2.97. The van der Waals surface area contributed by atoms with Crippen molar-refractivity contribution in [3.05, 3.63) is 35.7 Å². The average Bonchev–Trinajstić information content (AvgIpc) is 3.07. The number of carbonyl (C=O) groups is 1. The highest BCUT2D eigenvalue weighted by atomic mass is 32.2. The van der Waals surface area contributed by atoms with Crippen molar-refractivity contribution in [3.8, 4) is 17.2 Å². The Bertz CT molecular complexity index is 727. The van der Waals surface area contributed by atoms with Crippen LogP contribution in [-0.2, 0) is 20.0 Å². The normalized spacial score (nSPS) is 11.0. The van der Waals surface area contributed by atoms with E-state index >= 15 is 0 Å². The molecule has 1 aromatic carbocycles. The molecule has 28 heavy (non-hydrogen) atoms. The molecule has 1 aromatic heterocycles. The number of amides is 1. The molecule has 2 rings (SSSR count). The molecule has 7 nitrogen and oxygen atoms in total. The van der Waals surface area contributed by atoms with Gasteiger partial charge in [0.25, 0.3) is 0 Å². The number of benzene rings is 1. The van der Waals surface area contributed by atoms with E-state index in [-0.39, 0.29) is 5.91 Å². The summed E-state index contributed by atoms with van der Waals surface area (Å²) < 4.78 is 21.7. The van der Waals surface area contributed by atoms with Crippen LogP contribution in [0.4, 0.5) is 0 Å². The Morgan fingerprint density at radius 2 is 1.89 bits per heavy atom. The summed E-state index contributed by atoms with van der Waals surface area (Å²) in [7, 11) is 1.63. The molecule has 0 radical (unpaired) electrons. The third-order valence-electron chi connectivity index (χ3n) is 3.87. The smallest absolute Gasteiger partial charge is 0.230 e. The number of hydrogen-bond acceptors (Lipinski definition) is 7. The Labute approximate surface area is 170 Å². The molecule has 0 saturated heterocycles. The SMILES string of the molecule is CCOC(CNC(=O)CSCc1nc(-c2ccc(OC)cc2)oc1C)OCC. The predicted molar refractivity (Wildman–Crippen MR) is 109 cm³/mol. The molecule has 0 bridgehead atoms. The van der Waals surface area contributed by atoms with Crippen LogP contribution in [0.1, 0.15) is 25.3 Å². The summed E-state index contributed by atoms with van der Waals surface area (Å²) in [5, 5.41) is 2.83. The van der Waals surface area contributed by atoms with Crippen LogP contribution in [0.25, 0.3) is 11.5 Å². The molecule has 0 atom stereocenters. The van der Waals surface area contributed by atoms with Gasteiger partial charge < -0.3 is 23.9 Å². The van der Waals surface area contributed by atoms with E-state index < -0.39 is 6.29 Å². The second-order valence-corrected chi connectivity index (χ2v) is 6.87. The van der Waals surface area contributed by atoms with E-state index in [1.807, 2.05) is 45.0 Å². The molecule has 2 aromatic rings. The quantitative estimate of drug-likeness (QED) is 0.539. The van der Waals surface area contributed by atoms with Gasteiger partial charge in [-0.15, -0.1) is 11.8 Å². The van der Waals surface area contributed by atoms with Gasteiger partial charge in [0, 0.05) is 24.5 Å². The number of oxazole rings is 1. The summed E-state index contributed by atoms with van der Waals surface area (Å²) in [6, 6.07) is 7.54. The van der Waals surface area contributed by atoms with E-state index in [9.17, 15) is 4.79 Å². The second-order valence-electron chi connectivity index (χ2n) is 5.89. The van der Waals surface area contributed by atoms with Gasteiger partial charge in [0.1, 0.15) is 11.5 Å². The highest BCUT2D eigenvalue weighted by Gasteiger charge is 2.13. The largest absolute Gasteiger partial charge is 0.497 e. The number of nitrogens with zero attached hydrogens (tertiary/aromatic N) is 1. The van der Waals surface area contributed by atoms with Crippen LogP contribution >= 0.6 is 11.8 Å². The average molecular weight is 409 g/mol. The number of hydrogen-bond donors (Lipinski definition) is 1. The first-order chi connectivity index (χ1) is 13.6. The van der Waals surface area contributed by atoms with Crippen molar-refractivity contribution in [2.24, 2.45) is 0 Å².